The first-order valence-electron chi connectivity index (χ1n) is 5.47. The summed E-state index contributed by atoms with van der Waals surface area (Å²) < 4.78 is 0. The first-order valence-corrected chi connectivity index (χ1v) is 6.73. The van der Waals surface area contributed by atoms with E-state index in [1.54, 1.807) is 0 Å². The Balaban J connectivity index is 2.02. The second-order valence-corrected chi connectivity index (χ2v) is 5.27. The summed E-state index contributed by atoms with van der Waals surface area (Å²) in [5.41, 5.74) is 6.30. The average Bonchev–Trinajstić information content (AvgIpc) is 2.83. The Labute approximate surface area is 123 Å². The lowest BCUT2D eigenvalue weighted by Crippen LogP contribution is -2.22. The fourth-order valence-electron chi connectivity index (χ4n) is 1.49. The van der Waals surface area contributed by atoms with Crippen LogP contribution in [0.3, 0.4) is 0 Å². The third-order valence-corrected chi connectivity index (χ3v) is 3.42. The van der Waals surface area contributed by atoms with Gasteiger partial charge in [0.25, 0.3) is 5.91 Å². The van der Waals surface area contributed by atoms with Crippen molar-refractivity contribution in [3.05, 3.63) is 44.9 Å². The lowest BCUT2D eigenvalue weighted by atomic mass is 10.2. The number of carbonyl (C=O) groups is 2. The minimum absolute atomic E-state index is 0.0359. The summed E-state index contributed by atoms with van der Waals surface area (Å²) in [7, 11) is 0. The number of aromatic carboxylic acids is 1. The molecule has 0 aliphatic rings. The fraction of sp³-hybridized carbons (Fsp3) is 0.0833. The van der Waals surface area contributed by atoms with Crippen LogP contribution in [0.2, 0.25) is 5.02 Å². The zero-order valence-electron chi connectivity index (χ0n) is 10.1. The van der Waals surface area contributed by atoms with Crippen LogP contribution in [0.1, 0.15) is 25.9 Å². The van der Waals surface area contributed by atoms with E-state index >= 15 is 0 Å². The minimum Gasteiger partial charge on any atom is -0.476 e. The molecule has 1 heterocycles. The van der Waals surface area contributed by atoms with E-state index in [0.29, 0.717) is 21.3 Å². The van der Waals surface area contributed by atoms with Crippen molar-refractivity contribution in [3.63, 3.8) is 0 Å². The van der Waals surface area contributed by atoms with Gasteiger partial charge in [0.15, 0.2) is 5.69 Å². The van der Waals surface area contributed by atoms with Crippen molar-refractivity contribution in [2.45, 2.75) is 6.54 Å². The van der Waals surface area contributed by atoms with Crippen LogP contribution in [0.15, 0.2) is 23.6 Å². The number of benzene rings is 1. The average molecular weight is 312 g/mol. The van der Waals surface area contributed by atoms with Crippen LogP contribution in [0.25, 0.3) is 0 Å². The highest BCUT2D eigenvalue weighted by atomic mass is 35.5. The summed E-state index contributed by atoms with van der Waals surface area (Å²) in [6, 6.07) is 4.54. The first kappa shape index (κ1) is 14.3. The zero-order valence-corrected chi connectivity index (χ0v) is 11.7. The molecule has 2 aromatic rings. The molecule has 0 aliphatic heterocycles. The molecule has 4 N–H and O–H groups in total. The maximum absolute atomic E-state index is 11.9. The van der Waals surface area contributed by atoms with Crippen molar-refractivity contribution in [1.82, 2.24) is 10.3 Å². The fourth-order valence-corrected chi connectivity index (χ4v) is 2.44. The number of rotatable bonds is 4. The Morgan fingerprint density at radius 1 is 1.40 bits per heavy atom. The molecular formula is C12H10ClN3O3S. The third-order valence-electron chi connectivity index (χ3n) is 2.35. The number of hydrogen-bond donors (Lipinski definition) is 3. The molecule has 1 aromatic carbocycles. The van der Waals surface area contributed by atoms with Gasteiger partial charge in [-0.25, -0.2) is 9.78 Å². The van der Waals surface area contributed by atoms with Gasteiger partial charge in [0.1, 0.15) is 5.01 Å². The minimum atomic E-state index is -1.10. The van der Waals surface area contributed by atoms with Gasteiger partial charge in [0.2, 0.25) is 0 Å². The number of nitrogens with zero attached hydrogens (tertiary/aromatic N) is 1. The molecule has 0 spiro atoms. The van der Waals surface area contributed by atoms with Crippen molar-refractivity contribution in [2.24, 2.45) is 0 Å². The topological polar surface area (TPSA) is 105 Å². The van der Waals surface area contributed by atoms with Crippen LogP contribution in [0.4, 0.5) is 5.69 Å². The van der Waals surface area contributed by atoms with E-state index in [2.05, 4.69) is 10.3 Å². The van der Waals surface area contributed by atoms with Gasteiger partial charge in [-0.15, -0.1) is 11.3 Å². The summed E-state index contributed by atoms with van der Waals surface area (Å²) in [6.45, 7) is 0.142. The van der Waals surface area contributed by atoms with Crippen LogP contribution < -0.4 is 11.1 Å². The molecule has 0 radical (unpaired) electrons. The summed E-state index contributed by atoms with van der Waals surface area (Å²) in [6.07, 6.45) is 0. The van der Waals surface area contributed by atoms with Crippen molar-refractivity contribution in [2.75, 3.05) is 5.73 Å². The highest BCUT2D eigenvalue weighted by molar-refractivity contribution is 7.09. The van der Waals surface area contributed by atoms with Crippen LogP contribution in [0, 0.1) is 0 Å². The number of nitrogens with one attached hydrogen (secondary N) is 1. The molecule has 0 saturated heterocycles. The lowest BCUT2D eigenvalue weighted by Gasteiger charge is -2.04. The molecule has 1 aromatic heterocycles. The normalized spacial score (nSPS) is 10.2. The molecule has 104 valence electrons. The van der Waals surface area contributed by atoms with Crippen molar-refractivity contribution in [1.29, 1.82) is 0 Å². The first-order chi connectivity index (χ1) is 9.45. The number of thiazole rings is 1. The maximum atomic E-state index is 11.9. The van der Waals surface area contributed by atoms with Gasteiger partial charge in [-0.2, -0.15) is 0 Å². The number of carbonyl (C=O) groups excluding carboxylic acids is 1. The second kappa shape index (κ2) is 5.89. The number of carboxylic acid groups (broad SMARTS) is 1. The van der Waals surface area contributed by atoms with E-state index in [0.717, 1.165) is 11.3 Å². The van der Waals surface area contributed by atoms with Crippen LogP contribution in [-0.4, -0.2) is 22.0 Å². The molecule has 0 bridgehead atoms. The molecule has 1 amide bonds. The monoisotopic (exact) mass is 311 g/mol. The second-order valence-electron chi connectivity index (χ2n) is 3.89. The highest BCUT2D eigenvalue weighted by Gasteiger charge is 2.11. The van der Waals surface area contributed by atoms with Crippen LogP contribution in [-0.2, 0) is 6.54 Å². The Bertz CT molecular complexity index is 651. The molecule has 2 rings (SSSR count). The number of halogens is 1. The van der Waals surface area contributed by atoms with E-state index in [4.69, 9.17) is 22.4 Å². The number of anilines is 1. The Hall–Kier alpha value is -2.12. The number of nitrogens with two attached hydrogens (primary N) is 1. The number of carboxylic acids is 1. The Morgan fingerprint density at radius 3 is 2.75 bits per heavy atom. The van der Waals surface area contributed by atoms with Crippen molar-refractivity contribution in [3.8, 4) is 0 Å². The van der Waals surface area contributed by atoms with Crippen LogP contribution in [0.5, 0.6) is 0 Å². The number of nitrogen functional groups attached to an aromatic ring is 1. The number of hydrogen-bond acceptors (Lipinski definition) is 5. The molecule has 20 heavy (non-hydrogen) atoms. The van der Waals surface area contributed by atoms with Gasteiger partial charge in [-0.05, 0) is 18.2 Å². The van der Waals surface area contributed by atoms with E-state index in [-0.39, 0.29) is 18.1 Å². The zero-order chi connectivity index (χ0) is 14.7. The summed E-state index contributed by atoms with van der Waals surface area (Å²) in [5.74, 6) is -1.45. The molecule has 0 fully saturated rings. The predicted molar refractivity (Wildman–Crippen MR) is 76.1 cm³/mol. The Morgan fingerprint density at radius 2 is 2.15 bits per heavy atom. The standard InChI is InChI=1S/C12H10ClN3O3S/c13-7-1-6(2-8(14)3-7)11(17)15-4-10-16-9(5-20-10)12(18)19/h1-3,5H,4,14H2,(H,15,17)(H,18,19). The quantitative estimate of drug-likeness (QED) is 0.749. The molecule has 0 unspecified atom stereocenters. The van der Waals surface area contributed by atoms with E-state index < -0.39 is 5.97 Å². The summed E-state index contributed by atoms with van der Waals surface area (Å²) >= 11 is 6.98. The number of aromatic nitrogens is 1. The largest absolute Gasteiger partial charge is 0.476 e. The smallest absolute Gasteiger partial charge is 0.355 e. The lowest BCUT2D eigenvalue weighted by molar-refractivity contribution is 0.0691. The summed E-state index contributed by atoms with van der Waals surface area (Å²) in [5, 5.41) is 13.7. The van der Waals surface area contributed by atoms with E-state index in [1.807, 2.05) is 0 Å². The number of amides is 1. The predicted octanol–water partition coefficient (Wildman–Crippen LogP) is 2.01. The highest BCUT2D eigenvalue weighted by Crippen LogP contribution is 2.17. The SMILES string of the molecule is Nc1cc(Cl)cc(C(=O)NCc2nc(C(=O)O)cs2)c1. The molecule has 0 aliphatic carbocycles. The molecule has 0 saturated carbocycles. The van der Waals surface area contributed by atoms with Gasteiger partial charge < -0.3 is 16.2 Å². The Kier molecular flexibility index (Phi) is 4.21. The van der Waals surface area contributed by atoms with E-state index in [1.165, 1.54) is 23.6 Å². The van der Waals surface area contributed by atoms with Gasteiger partial charge in [-0.3, -0.25) is 4.79 Å². The van der Waals surface area contributed by atoms with Gasteiger partial charge >= 0.3 is 5.97 Å². The van der Waals surface area contributed by atoms with Gasteiger partial charge in [0, 0.05) is 21.7 Å². The molecule has 8 heteroatoms. The van der Waals surface area contributed by atoms with Gasteiger partial charge in [0.05, 0.1) is 6.54 Å². The molecular weight excluding hydrogens is 302 g/mol. The molecule has 0 atom stereocenters. The third kappa shape index (κ3) is 3.46. The van der Waals surface area contributed by atoms with E-state index in [9.17, 15) is 9.59 Å². The van der Waals surface area contributed by atoms with Crippen LogP contribution >= 0.6 is 22.9 Å². The van der Waals surface area contributed by atoms with Crippen molar-refractivity contribution >= 4 is 40.5 Å². The maximum Gasteiger partial charge on any atom is 0.355 e. The van der Waals surface area contributed by atoms with Crippen molar-refractivity contribution < 1.29 is 14.7 Å². The van der Waals surface area contributed by atoms with Gasteiger partial charge in [-0.1, -0.05) is 11.6 Å². The molecule has 6 nitrogen and oxygen atoms in total. The summed E-state index contributed by atoms with van der Waals surface area (Å²) in [4.78, 5) is 26.4.